The summed E-state index contributed by atoms with van der Waals surface area (Å²) in [7, 11) is -1.56. The maximum absolute atomic E-state index is 12.1. The van der Waals surface area contributed by atoms with E-state index in [1.54, 1.807) is 6.07 Å². The first-order valence-corrected chi connectivity index (χ1v) is 11.0. The summed E-state index contributed by atoms with van der Waals surface area (Å²) >= 11 is 0. The molecule has 2 aliphatic rings. The lowest BCUT2D eigenvalue weighted by Crippen LogP contribution is -2.31. The standard InChI is InChI=1S/C19H21N2O5PS/c1-11-4-13(6-15(5-11)26-10-12-2-3-12)14-7-16(22)19(17(27)8-14)21-9-18(23)20-28(21,24)25/h4-8,12,22H,2-3,9-10,27H2,1H3,(H,20,23). The van der Waals surface area contributed by atoms with Gasteiger partial charge in [0.05, 0.1) is 6.61 Å². The SMILES string of the molecule is Cc1cc(OCC2CC2)cc(-c2cc(O)c(N3CC(=O)NS3(=O)=O)c(P)c2)c1. The van der Waals surface area contributed by atoms with Gasteiger partial charge in [0.25, 0.3) is 5.91 Å². The molecule has 4 rings (SSSR count). The second-order valence-corrected chi connectivity index (χ2v) is 9.48. The molecule has 1 heterocycles. The lowest BCUT2D eigenvalue weighted by Gasteiger charge is -2.19. The number of anilines is 1. The van der Waals surface area contributed by atoms with E-state index in [2.05, 4.69) is 9.24 Å². The molecule has 7 nitrogen and oxygen atoms in total. The van der Waals surface area contributed by atoms with Crippen molar-refractivity contribution in [1.82, 2.24) is 4.72 Å². The van der Waals surface area contributed by atoms with Crippen LogP contribution >= 0.6 is 9.24 Å². The maximum Gasteiger partial charge on any atom is 0.326 e. The van der Waals surface area contributed by atoms with E-state index in [0.29, 0.717) is 17.8 Å². The molecule has 0 spiro atoms. The third-order valence-electron chi connectivity index (χ3n) is 4.76. The molecule has 1 atom stereocenters. The average Bonchev–Trinajstić information content (AvgIpc) is 3.37. The number of phenolic OH excluding ortho intramolecular Hbond substituents is 1. The van der Waals surface area contributed by atoms with Crippen LogP contribution < -0.4 is 19.1 Å². The number of ether oxygens (including phenoxy) is 1. The summed E-state index contributed by atoms with van der Waals surface area (Å²) in [6.07, 6.45) is 2.42. The minimum absolute atomic E-state index is 0.0740. The van der Waals surface area contributed by atoms with Gasteiger partial charge in [-0.15, -0.1) is 9.24 Å². The highest BCUT2D eigenvalue weighted by Crippen LogP contribution is 2.36. The van der Waals surface area contributed by atoms with Gasteiger partial charge in [-0.3, -0.25) is 4.79 Å². The summed E-state index contributed by atoms with van der Waals surface area (Å²) in [5.41, 5.74) is 2.68. The molecule has 1 saturated carbocycles. The van der Waals surface area contributed by atoms with Gasteiger partial charge in [0.1, 0.15) is 23.7 Å². The van der Waals surface area contributed by atoms with Crippen LogP contribution in [-0.4, -0.2) is 32.6 Å². The number of hydrogen-bond acceptors (Lipinski definition) is 5. The Balaban J connectivity index is 1.69. The van der Waals surface area contributed by atoms with E-state index in [9.17, 15) is 18.3 Å². The van der Waals surface area contributed by atoms with Crippen LogP contribution in [0.1, 0.15) is 18.4 Å². The molecule has 2 aromatic carbocycles. The summed E-state index contributed by atoms with van der Waals surface area (Å²) in [4.78, 5) is 11.5. The van der Waals surface area contributed by atoms with E-state index < -0.39 is 16.1 Å². The Kier molecular flexibility index (Phi) is 4.71. The Morgan fingerprint density at radius 1 is 1.21 bits per heavy atom. The number of phenols is 1. The van der Waals surface area contributed by atoms with Crippen molar-refractivity contribution in [3.05, 3.63) is 35.9 Å². The third-order valence-corrected chi connectivity index (χ3v) is 6.57. The zero-order valence-electron chi connectivity index (χ0n) is 15.3. The number of benzene rings is 2. The highest BCUT2D eigenvalue weighted by atomic mass is 32.2. The highest BCUT2D eigenvalue weighted by Gasteiger charge is 2.36. The minimum Gasteiger partial charge on any atom is -0.506 e. The fraction of sp³-hybridized carbons (Fsp3) is 0.316. The Bertz CT molecular complexity index is 1040. The first-order valence-electron chi connectivity index (χ1n) is 8.93. The monoisotopic (exact) mass is 420 g/mol. The molecule has 9 heteroatoms. The molecule has 0 radical (unpaired) electrons. The smallest absolute Gasteiger partial charge is 0.326 e. The van der Waals surface area contributed by atoms with Gasteiger partial charge in [0.15, 0.2) is 0 Å². The van der Waals surface area contributed by atoms with Crippen molar-refractivity contribution < 1.29 is 23.1 Å². The molecule has 1 unspecified atom stereocenters. The Hall–Kier alpha value is -2.31. The summed E-state index contributed by atoms with van der Waals surface area (Å²) in [6, 6.07) is 9.11. The predicted molar refractivity (Wildman–Crippen MR) is 110 cm³/mol. The molecule has 2 N–H and O–H groups in total. The van der Waals surface area contributed by atoms with E-state index in [4.69, 9.17) is 4.74 Å². The predicted octanol–water partition coefficient (Wildman–Crippen LogP) is 1.84. The van der Waals surface area contributed by atoms with Crippen molar-refractivity contribution in [1.29, 1.82) is 0 Å². The number of rotatable bonds is 5. The van der Waals surface area contributed by atoms with Gasteiger partial charge in [0, 0.05) is 0 Å². The first-order chi connectivity index (χ1) is 13.2. The number of nitrogens with zero attached hydrogens (tertiary/aromatic N) is 1. The molecular formula is C19H21N2O5PS. The maximum atomic E-state index is 12.1. The molecule has 0 bridgehead atoms. The molecule has 148 valence electrons. The summed E-state index contributed by atoms with van der Waals surface area (Å²) in [6.45, 7) is 2.31. The summed E-state index contributed by atoms with van der Waals surface area (Å²) in [5, 5.41) is 11.0. The van der Waals surface area contributed by atoms with Crippen molar-refractivity contribution in [3.63, 3.8) is 0 Å². The molecule has 1 saturated heterocycles. The number of hydrogen-bond donors (Lipinski definition) is 2. The lowest BCUT2D eigenvalue weighted by atomic mass is 10.0. The highest BCUT2D eigenvalue weighted by molar-refractivity contribution is 7.92. The number of carbonyl (C=O) groups excluding carboxylic acids is 1. The number of amides is 1. The lowest BCUT2D eigenvalue weighted by molar-refractivity contribution is -0.117. The van der Waals surface area contributed by atoms with Crippen LogP contribution in [0.3, 0.4) is 0 Å². The minimum atomic E-state index is -3.99. The van der Waals surface area contributed by atoms with Gasteiger partial charge in [-0.1, -0.05) is 6.07 Å². The summed E-state index contributed by atoms with van der Waals surface area (Å²) < 4.78 is 32.9. The number of carbonyl (C=O) groups is 1. The van der Waals surface area contributed by atoms with Crippen LogP contribution in [-0.2, 0) is 15.0 Å². The van der Waals surface area contributed by atoms with Crippen molar-refractivity contribution in [2.45, 2.75) is 19.8 Å². The van der Waals surface area contributed by atoms with Crippen LogP contribution in [0.5, 0.6) is 11.5 Å². The zero-order valence-corrected chi connectivity index (χ0v) is 17.3. The van der Waals surface area contributed by atoms with Crippen LogP contribution in [0.2, 0.25) is 0 Å². The quantitative estimate of drug-likeness (QED) is 0.720. The van der Waals surface area contributed by atoms with Crippen molar-refractivity contribution in [3.8, 4) is 22.6 Å². The fourth-order valence-electron chi connectivity index (χ4n) is 3.22. The number of nitrogens with one attached hydrogen (secondary N) is 1. The van der Waals surface area contributed by atoms with Crippen molar-refractivity contribution >= 4 is 36.3 Å². The van der Waals surface area contributed by atoms with Gasteiger partial charge in [-0.2, -0.15) is 8.42 Å². The van der Waals surface area contributed by atoms with E-state index >= 15 is 0 Å². The Labute approximate surface area is 166 Å². The van der Waals surface area contributed by atoms with Crippen molar-refractivity contribution in [2.75, 3.05) is 17.5 Å². The van der Waals surface area contributed by atoms with Gasteiger partial charge in [-0.05, 0) is 71.9 Å². The largest absolute Gasteiger partial charge is 0.506 e. The summed E-state index contributed by atoms with van der Waals surface area (Å²) in [5.74, 6) is 0.561. The third kappa shape index (κ3) is 3.80. The molecular weight excluding hydrogens is 399 g/mol. The van der Waals surface area contributed by atoms with Crippen LogP contribution in [0, 0.1) is 12.8 Å². The van der Waals surface area contributed by atoms with Crippen LogP contribution in [0.4, 0.5) is 5.69 Å². The average molecular weight is 420 g/mol. The van der Waals surface area contributed by atoms with Gasteiger partial charge in [-0.25, -0.2) is 9.03 Å². The van der Waals surface area contributed by atoms with Gasteiger partial charge in [0.2, 0.25) is 0 Å². The van der Waals surface area contributed by atoms with E-state index in [1.807, 2.05) is 29.8 Å². The van der Waals surface area contributed by atoms with Crippen molar-refractivity contribution in [2.24, 2.45) is 5.92 Å². The van der Waals surface area contributed by atoms with Crippen LogP contribution in [0.25, 0.3) is 11.1 Å². The van der Waals surface area contributed by atoms with Gasteiger partial charge < -0.3 is 9.84 Å². The van der Waals surface area contributed by atoms with Gasteiger partial charge >= 0.3 is 10.2 Å². The first kappa shape index (κ1) is 19.0. The fourth-order valence-corrected chi connectivity index (χ4v) is 4.99. The Morgan fingerprint density at radius 3 is 2.54 bits per heavy atom. The van der Waals surface area contributed by atoms with E-state index in [-0.39, 0.29) is 18.0 Å². The number of aryl methyl sites for hydroxylation is 1. The number of aromatic hydroxyl groups is 1. The Morgan fingerprint density at radius 2 is 1.93 bits per heavy atom. The topological polar surface area (TPSA) is 95.9 Å². The second kappa shape index (κ2) is 6.94. The van der Waals surface area contributed by atoms with Crippen LogP contribution in [0.15, 0.2) is 30.3 Å². The van der Waals surface area contributed by atoms with E-state index in [1.165, 1.54) is 18.9 Å². The molecule has 2 aromatic rings. The van der Waals surface area contributed by atoms with E-state index in [0.717, 1.165) is 26.7 Å². The molecule has 1 aliphatic carbocycles. The normalized spacial score (nSPS) is 18.2. The zero-order chi connectivity index (χ0) is 20.1. The second-order valence-electron chi connectivity index (χ2n) is 7.26. The molecule has 2 fully saturated rings. The molecule has 1 aliphatic heterocycles. The molecule has 28 heavy (non-hydrogen) atoms. The molecule has 1 amide bonds. The molecule has 0 aromatic heterocycles.